The monoisotopic (exact) mass is 345 g/mol. The normalized spacial score (nSPS) is 19.8. The van der Waals surface area contributed by atoms with E-state index in [0.29, 0.717) is 30.7 Å². The van der Waals surface area contributed by atoms with Gasteiger partial charge in [-0.05, 0) is 43.0 Å². The number of furan rings is 1. The molecule has 4 nitrogen and oxygen atoms in total. The van der Waals surface area contributed by atoms with E-state index in [0.717, 1.165) is 12.8 Å². The molecule has 5 heteroatoms. The number of benzene rings is 1. The van der Waals surface area contributed by atoms with Crippen LogP contribution in [-0.4, -0.2) is 28.5 Å². The molecule has 0 aliphatic carbocycles. The van der Waals surface area contributed by atoms with Crippen LogP contribution in [0.3, 0.4) is 0 Å². The molecule has 1 aromatic heterocycles. The SMILES string of the molecule is CC(Cc1ccccc1F)C(=O)N1CCCC1CC(O)c1ccco1. The number of nitrogens with zero attached hydrogens (tertiary/aromatic N) is 1. The first-order valence-electron chi connectivity index (χ1n) is 8.81. The van der Waals surface area contributed by atoms with Gasteiger partial charge in [0.2, 0.25) is 5.91 Å². The second-order valence-electron chi connectivity index (χ2n) is 6.79. The standard InChI is InChI=1S/C20H24FNO3/c1-14(12-15-6-2-3-8-17(15)21)20(24)22-10-4-7-16(22)13-18(23)19-9-5-11-25-19/h2-3,5-6,8-9,11,14,16,18,23H,4,7,10,12-13H2,1H3. The van der Waals surface area contributed by atoms with Crippen LogP contribution in [0.1, 0.15) is 43.6 Å². The van der Waals surface area contributed by atoms with Crippen LogP contribution in [0.2, 0.25) is 0 Å². The molecule has 0 radical (unpaired) electrons. The average Bonchev–Trinajstić information content (AvgIpc) is 3.27. The number of carbonyl (C=O) groups excluding carboxylic acids is 1. The summed E-state index contributed by atoms with van der Waals surface area (Å²) in [5.41, 5.74) is 0.565. The second-order valence-corrected chi connectivity index (χ2v) is 6.79. The summed E-state index contributed by atoms with van der Waals surface area (Å²) in [6.07, 6.45) is 3.47. The first kappa shape index (κ1) is 17.7. The summed E-state index contributed by atoms with van der Waals surface area (Å²) in [5.74, 6) is -0.0114. The predicted octanol–water partition coefficient (Wildman–Crippen LogP) is 3.71. The Balaban J connectivity index is 1.63. The zero-order valence-electron chi connectivity index (χ0n) is 14.4. The average molecular weight is 345 g/mol. The predicted molar refractivity (Wildman–Crippen MR) is 92.3 cm³/mol. The van der Waals surface area contributed by atoms with Crippen molar-refractivity contribution in [2.75, 3.05) is 6.54 Å². The fourth-order valence-corrected chi connectivity index (χ4v) is 3.59. The molecule has 1 saturated heterocycles. The number of hydrogen-bond acceptors (Lipinski definition) is 3. The van der Waals surface area contributed by atoms with Gasteiger partial charge in [0.15, 0.2) is 0 Å². The lowest BCUT2D eigenvalue weighted by Gasteiger charge is -2.28. The number of amides is 1. The molecule has 0 spiro atoms. The van der Waals surface area contributed by atoms with Gasteiger partial charge in [0.05, 0.1) is 6.26 Å². The highest BCUT2D eigenvalue weighted by atomic mass is 19.1. The van der Waals surface area contributed by atoms with Gasteiger partial charge in [-0.15, -0.1) is 0 Å². The van der Waals surface area contributed by atoms with Crippen LogP contribution in [0.4, 0.5) is 4.39 Å². The van der Waals surface area contributed by atoms with E-state index >= 15 is 0 Å². The summed E-state index contributed by atoms with van der Waals surface area (Å²) >= 11 is 0. The van der Waals surface area contributed by atoms with E-state index in [1.165, 1.54) is 12.3 Å². The molecule has 1 fully saturated rings. The molecular formula is C20H24FNO3. The highest BCUT2D eigenvalue weighted by Crippen LogP contribution is 2.29. The fourth-order valence-electron chi connectivity index (χ4n) is 3.59. The highest BCUT2D eigenvalue weighted by Gasteiger charge is 2.33. The fraction of sp³-hybridized carbons (Fsp3) is 0.450. The van der Waals surface area contributed by atoms with E-state index in [2.05, 4.69) is 0 Å². The molecule has 0 saturated carbocycles. The molecule has 1 aliphatic heterocycles. The summed E-state index contributed by atoms with van der Waals surface area (Å²) in [5, 5.41) is 10.3. The van der Waals surface area contributed by atoms with Crippen molar-refractivity contribution < 1.29 is 18.7 Å². The van der Waals surface area contributed by atoms with E-state index in [-0.39, 0.29) is 23.7 Å². The van der Waals surface area contributed by atoms with Gasteiger partial charge in [0, 0.05) is 24.9 Å². The minimum atomic E-state index is -0.713. The first-order chi connectivity index (χ1) is 12.1. The van der Waals surface area contributed by atoms with Gasteiger partial charge in [-0.25, -0.2) is 4.39 Å². The molecule has 25 heavy (non-hydrogen) atoms. The Bertz CT molecular complexity index is 701. The van der Waals surface area contributed by atoms with E-state index in [9.17, 15) is 14.3 Å². The van der Waals surface area contributed by atoms with Gasteiger partial charge < -0.3 is 14.4 Å². The Kier molecular flexibility index (Phi) is 5.53. The Morgan fingerprint density at radius 1 is 1.36 bits per heavy atom. The van der Waals surface area contributed by atoms with Gasteiger partial charge in [0.1, 0.15) is 17.7 Å². The minimum absolute atomic E-state index is 0.00401. The number of aliphatic hydroxyl groups excluding tert-OH is 1. The third kappa shape index (κ3) is 4.10. The molecule has 3 rings (SSSR count). The van der Waals surface area contributed by atoms with Crippen molar-refractivity contribution in [1.82, 2.24) is 4.90 Å². The van der Waals surface area contributed by atoms with Crippen molar-refractivity contribution in [2.24, 2.45) is 5.92 Å². The van der Waals surface area contributed by atoms with Crippen molar-refractivity contribution >= 4 is 5.91 Å². The summed E-state index contributed by atoms with van der Waals surface area (Å²) in [4.78, 5) is 14.7. The highest BCUT2D eigenvalue weighted by molar-refractivity contribution is 5.79. The first-order valence-corrected chi connectivity index (χ1v) is 8.81. The van der Waals surface area contributed by atoms with Crippen LogP contribution >= 0.6 is 0 Å². The molecule has 0 bridgehead atoms. The molecular weight excluding hydrogens is 321 g/mol. The largest absolute Gasteiger partial charge is 0.467 e. The van der Waals surface area contributed by atoms with Crippen LogP contribution in [-0.2, 0) is 11.2 Å². The quantitative estimate of drug-likeness (QED) is 0.868. The molecule has 2 aromatic rings. The molecule has 3 atom stereocenters. The molecule has 134 valence electrons. The number of halogens is 1. The Labute approximate surface area is 147 Å². The molecule has 1 N–H and O–H groups in total. The van der Waals surface area contributed by atoms with Gasteiger partial charge in [0.25, 0.3) is 0 Å². The maximum absolute atomic E-state index is 13.8. The Morgan fingerprint density at radius 2 is 2.16 bits per heavy atom. The summed E-state index contributed by atoms with van der Waals surface area (Å²) in [7, 11) is 0. The number of aliphatic hydroxyl groups is 1. The topological polar surface area (TPSA) is 53.7 Å². The van der Waals surface area contributed by atoms with Crippen molar-refractivity contribution in [3.05, 3.63) is 59.8 Å². The van der Waals surface area contributed by atoms with Gasteiger partial charge in [-0.1, -0.05) is 25.1 Å². The van der Waals surface area contributed by atoms with Crippen molar-refractivity contribution in [1.29, 1.82) is 0 Å². The van der Waals surface area contributed by atoms with Gasteiger partial charge >= 0.3 is 0 Å². The lowest BCUT2D eigenvalue weighted by atomic mass is 9.98. The smallest absolute Gasteiger partial charge is 0.225 e. The zero-order chi connectivity index (χ0) is 17.8. The molecule has 1 amide bonds. The van der Waals surface area contributed by atoms with E-state index < -0.39 is 6.10 Å². The zero-order valence-corrected chi connectivity index (χ0v) is 14.4. The molecule has 1 aromatic carbocycles. The van der Waals surface area contributed by atoms with Crippen LogP contribution < -0.4 is 0 Å². The number of likely N-dealkylation sites (tertiary alicyclic amines) is 1. The number of rotatable bonds is 6. The number of hydrogen-bond donors (Lipinski definition) is 1. The maximum Gasteiger partial charge on any atom is 0.225 e. The van der Waals surface area contributed by atoms with Gasteiger partial charge in [-0.3, -0.25) is 4.79 Å². The molecule has 1 aliphatic rings. The lowest BCUT2D eigenvalue weighted by molar-refractivity contribution is -0.136. The van der Waals surface area contributed by atoms with E-state index in [4.69, 9.17) is 4.42 Å². The molecule has 2 heterocycles. The second kappa shape index (κ2) is 7.83. The number of carbonyl (C=O) groups is 1. The third-order valence-corrected chi connectivity index (χ3v) is 4.93. The Morgan fingerprint density at radius 3 is 2.88 bits per heavy atom. The van der Waals surface area contributed by atoms with Crippen molar-refractivity contribution in [3.8, 4) is 0 Å². The van der Waals surface area contributed by atoms with Crippen molar-refractivity contribution in [2.45, 2.75) is 44.8 Å². The summed E-state index contributed by atoms with van der Waals surface area (Å²) in [6, 6.07) is 10.1. The summed E-state index contributed by atoms with van der Waals surface area (Å²) in [6.45, 7) is 2.53. The van der Waals surface area contributed by atoms with Crippen LogP contribution in [0.5, 0.6) is 0 Å². The minimum Gasteiger partial charge on any atom is -0.467 e. The molecule has 3 unspecified atom stereocenters. The van der Waals surface area contributed by atoms with E-state index in [1.807, 2.05) is 11.8 Å². The van der Waals surface area contributed by atoms with Crippen LogP contribution in [0.25, 0.3) is 0 Å². The lowest BCUT2D eigenvalue weighted by Crippen LogP contribution is -2.40. The maximum atomic E-state index is 13.8. The third-order valence-electron chi connectivity index (χ3n) is 4.93. The van der Waals surface area contributed by atoms with E-state index in [1.54, 1.807) is 30.3 Å². The van der Waals surface area contributed by atoms with Crippen LogP contribution in [0.15, 0.2) is 47.1 Å². The Hall–Kier alpha value is -2.14. The van der Waals surface area contributed by atoms with Crippen molar-refractivity contribution in [3.63, 3.8) is 0 Å². The van der Waals surface area contributed by atoms with Crippen LogP contribution in [0, 0.1) is 11.7 Å². The van der Waals surface area contributed by atoms with Gasteiger partial charge in [-0.2, -0.15) is 0 Å². The summed E-state index contributed by atoms with van der Waals surface area (Å²) < 4.78 is 19.1.